The molecule has 17 heavy (non-hydrogen) atoms. The summed E-state index contributed by atoms with van der Waals surface area (Å²) in [7, 11) is 1.10. The highest BCUT2D eigenvalue weighted by molar-refractivity contribution is 6.78. The second-order valence-electron chi connectivity index (χ2n) is 2.75. The second-order valence-corrected chi connectivity index (χ2v) is 5.04. The summed E-state index contributed by atoms with van der Waals surface area (Å²) in [6, 6.07) is 0. The number of hydrogen-bond acceptors (Lipinski definition) is 4. The minimum Gasteiger partial charge on any atom is -0.465 e. The zero-order valence-corrected chi connectivity index (χ0v) is 12.2. The molecule has 0 spiro atoms. The van der Waals surface area contributed by atoms with Crippen molar-refractivity contribution < 1.29 is 14.3 Å². The van der Waals surface area contributed by atoms with Gasteiger partial charge in [0.15, 0.2) is 0 Å². The van der Waals surface area contributed by atoms with Crippen molar-refractivity contribution in [1.29, 1.82) is 0 Å². The van der Waals surface area contributed by atoms with Gasteiger partial charge >= 0.3 is 5.97 Å². The van der Waals surface area contributed by atoms with E-state index in [1.807, 2.05) is 0 Å². The lowest BCUT2D eigenvalue weighted by Gasteiger charge is -2.09. The summed E-state index contributed by atoms with van der Waals surface area (Å²) in [5, 5.41) is 3.11. The number of rotatable bonds is 4. The Bertz CT molecular complexity index is 272. The van der Waals surface area contributed by atoms with Crippen molar-refractivity contribution in [3.63, 3.8) is 0 Å². The number of carbonyl (C=O) groups is 2. The fourth-order valence-corrected chi connectivity index (χ4v) is 0.979. The standard InChI is InChI=1S/C6H5Cl3O3.C4H11N/c1-3(5(11)12-2)4(10)6(7,8)9;1-3-5-4-2/h1H2,2H3;5H,3-4H2,1-2H3. The molecule has 100 valence electrons. The predicted octanol–water partition coefficient (Wildman–Crippen LogP) is 2.27. The molecule has 0 aromatic rings. The zero-order valence-electron chi connectivity index (χ0n) is 9.98. The van der Waals surface area contributed by atoms with Crippen molar-refractivity contribution in [2.45, 2.75) is 17.6 Å². The molecule has 0 amide bonds. The van der Waals surface area contributed by atoms with Gasteiger partial charge in [0.25, 0.3) is 3.79 Å². The Hall–Kier alpha value is -0.290. The molecule has 0 atom stereocenters. The summed E-state index contributed by atoms with van der Waals surface area (Å²) < 4.78 is 2.03. The summed E-state index contributed by atoms with van der Waals surface area (Å²) in [5.74, 6) is -1.90. The van der Waals surface area contributed by atoms with Gasteiger partial charge in [0.1, 0.15) is 5.57 Å². The number of hydrogen-bond donors (Lipinski definition) is 1. The summed E-state index contributed by atoms with van der Waals surface area (Å²) >= 11 is 15.6. The summed E-state index contributed by atoms with van der Waals surface area (Å²) in [4.78, 5) is 21.7. The lowest BCUT2D eigenvalue weighted by Crippen LogP contribution is -2.25. The molecule has 0 aromatic heterocycles. The Kier molecular flexibility index (Phi) is 10.9. The Morgan fingerprint density at radius 3 is 1.82 bits per heavy atom. The van der Waals surface area contributed by atoms with Gasteiger partial charge in [0.2, 0.25) is 5.78 Å². The van der Waals surface area contributed by atoms with E-state index in [9.17, 15) is 9.59 Å². The maximum Gasteiger partial charge on any atom is 0.341 e. The van der Waals surface area contributed by atoms with Gasteiger partial charge in [-0.05, 0) is 13.1 Å². The van der Waals surface area contributed by atoms with E-state index >= 15 is 0 Å². The first-order chi connectivity index (χ1) is 7.72. The molecule has 0 bridgehead atoms. The molecule has 4 nitrogen and oxygen atoms in total. The van der Waals surface area contributed by atoms with Crippen LogP contribution in [0, 0.1) is 0 Å². The molecule has 0 unspecified atom stereocenters. The monoisotopic (exact) mass is 303 g/mol. The molecule has 0 rings (SSSR count). The van der Waals surface area contributed by atoms with Crippen LogP contribution in [0.4, 0.5) is 0 Å². The first kappa shape index (κ1) is 19.1. The van der Waals surface area contributed by atoms with E-state index in [0.29, 0.717) is 0 Å². The number of carbonyl (C=O) groups excluding carboxylic acids is 2. The van der Waals surface area contributed by atoms with Crippen LogP contribution >= 0.6 is 34.8 Å². The van der Waals surface area contributed by atoms with Crippen LogP contribution in [0.15, 0.2) is 12.2 Å². The molecule has 0 heterocycles. The molecule has 0 aromatic carbocycles. The number of methoxy groups -OCH3 is 1. The minimum absolute atomic E-state index is 0.488. The van der Waals surface area contributed by atoms with Crippen molar-refractivity contribution in [3.05, 3.63) is 12.2 Å². The number of ketones is 1. The van der Waals surface area contributed by atoms with Gasteiger partial charge in [-0.1, -0.05) is 55.2 Å². The predicted molar refractivity (Wildman–Crippen MR) is 70.7 cm³/mol. The molecule has 0 saturated carbocycles. The van der Waals surface area contributed by atoms with Crippen LogP contribution in [0.5, 0.6) is 0 Å². The normalized spacial score (nSPS) is 10.0. The molecule has 0 aliphatic heterocycles. The highest BCUT2D eigenvalue weighted by Gasteiger charge is 2.35. The smallest absolute Gasteiger partial charge is 0.341 e. The third-order valence-corrected chi connectivity index (χ3v) is 1.98. The third kappa shape index (κ3) is 9.41. The Labute approximate surface area is 116 Å². The molecule has 0 radical (unpaired) electrons. The summed E-state index contributed by atoms with van der Waals surface area (Å²) in [6.07, 6.45) is 0. The minimum atomic E-state index is -2.16. The molecule has 0 saturated heterocycles. The number of Topliss-reactive ketones (excluding diaryl/α,β-unsaturated/α-hetero) is 1. The van der Waals surface area contributed by atoms with Crippen LogP contribution in [-0.4, -0.2) is 35.7 Å². The number of ether oxygens (including phenoxy) is 1. The van der Waals surface area contributed by atoms with E-state index in [-0.39, 0.29) is 0 Å². The molecule has 0 aliphatic carbocycles. The van der Waals surface area contributed by atoms with Crippen molar-refractivity contribution in [1.82, 2.24) is 5.32 Å². The average molecular weight is 305 g/mol. The van der Waals surface area contributed by atoms with E-state index < -0.39 is 21.1 Å². The largest absolute Gasteiger partial charge is 0.465 e. The third-order valence-electron chi connectivity index (χ3n) is 1.46. The summed E-state index contributed by atoms with van der Waals surface area (Å²) in [5.41, 5.74) is -0.488. The Morgan fingerprint density at radius 1 is 1.24 bits per heavy atom. The molecule has 7 heteroatoms. The molecule has 0 aliphatic rings. The maximum atomic E-state index is 11.0. The number of alkyl halides is 3. The van der Waals surface area contributed by atoms with Crippen LogP contribution in [0.1, 0.15) is 13.8 Å². The Morgan fingerprint density at radius 2 is 1.65 bits per heavy atom. The number of esters is 1. The molecular weight excluding hydrogens is 288 g/mol. The van der Waals surface area contributed by atoms with Crippen LogP contribution < -0.4 is 5.32 Å². The van der Waals surface area contributed by atoms with E-state index in [2.05, 4.69) is 30.5 Å². The number of halogens is 3. The maximum absolute atomic E-state index is 11.0. The SMILES string of the molecule is C=C(C(=O)OC)C(=O)C(Cl)(Cl)Cl.CCNCC. The first-order valence-electron chi connectivity index (χ1n) is 4.81. The van der Waals surface area contributed by atoms with E-state index in [0.717, 1.165) is 20.2 Å². The first-order valence-corrected chi connectivity index (χ1v) is 5.95. The van der Waals surface area contributed by atoms with E-state index in [1.165, 1.54) is 0 Å². The highest BCUT2D eigenvalue weighted by Crippen LogP contribution is 2.29. The molecular formula is C10H16Cl3NO3. The van der Waals surface area contributed by atoms with Gasteiger partial charge in [0.05, 0.1) is 7.11 Å². The molecule has 0 fully saturated rings. The van der Waals surface area contributed by atoms with Crippen LogP contribution in [-0.2, 0) is 14.3 Å². The van der Waals surface area contributed by atoms with Crippen LogP contribution in [0.25, 0.3) is 0 Å². The topological polar surface area (TPSA) is 55.4 Å². The van der Waals surface area contributed by atoms with Gasteiger partial charge in [0, 0.05) is 0 Å². The number of nitrogens with one attached hydrogen (secondary N) is 1. The van der Waals surface area contributed by atoms with Gasteiger partial charge in [-0.15, -0.1) is 0 Å². The Balaban J connectivity index is 0. The summed E-state index contributed by atoms with van der Waals surface area (Å²) in [6.45, 7) is 9.50. The average Bonchev–Trinajstić information content (AvgIpc) is 2.26. The zero-order chi connectivity index (χ0) is 14.1. The van der Waals surface area contributed by atoms with Crippen molar-refractivity contribution in [3.8, 4) is 0 Å². The lowest BCUT2D eigenvalue weighted by molar-refractivity contribution is -0.137. The fourth-order valence-electron chi connectivity index (χ4n) is 0.637. The molecule has 1 N–H and O–H groups in total. The van der Waals surface area contributed by atoms with Crippen molar-refractivity contribution >= 4 is 46.6 Å². The van der Waals surface area contributed by atoms with Gasteiger partial charge in [-0.3, -0.25) is 4.79 Å². The van der Waals surface area contributed by atoms with Crippen molar-refractivity contribution in [2.24, 2.45) is 0 Å². The van der Waals surface area contributed by atoms with Gasteiger partial charge < -0.3 is 10.1 Å². The van der Waals surface area contributed by atoms with Crippen LogP contribution in [0.3, 0.4) is 0 Å². The second kappa shape index (κ2) is 9.71. The lowest BCUT2D eigenvalue weighted by atomic mass is 10.2. The van der Waals surface area contributed by atoms with Gasteiger partial charge in [-0.25, -0.2) is 4.79 Å². The van der Waals surface area contributed by atoms with E-state index in [4.69, 9.17) is 34.8 Å². The van der Waals surface area contributed by atoms with Crippen LogP contribution in [0.2, 0.25) is 0 Å². The quantitative estimate of drug-likeness (QED) is 0.285. The van der Waals surface area contributed by atoms with Gasteiger partial charge in [-0.2, -0.15) is 0 Å². The van der Waals surface area contributed by atoms with Crippen molar-refractivity contribution in [2.75, 3.05) is 20.2 Å². The highest BCUT2D eigenvalue weighted by atomic mass is 35.6. The fraction of sp³-hybridized carbons (Fsp3) is 0.600. The van der Waals surface area contributed by atoms with E-state index in [1.54, 1.807) is 0 Å².